The van der Waals surface area contributed by atoms with E-state index in [9.17, 15) is 5.11 Å². The van der Waals surface area contributed by atoms with Crippen LogP contribution in [0.15, 0.2) is 18.3 Å². The van der Waals surface area contributed by atoms with Crippen LogP contribution in [0, 0.1) is 0 Å². The molecule has 1 aliphatic rings. The molecule has 4 heteroatoms. The number of pyridine rings is 1. The highest BCUT2D eigenvalue weighted by Gasteiger charge is 2.13. The Labute approximate surface area is 103 Å². The Bertz CT molecular complexity index is 350. The first-order chi connectivity index (χ1) is 8.16. The van der Waals surface area contributed by atoms with Crippen LogP contribution in [0.3, 0.4) is 0 Å². The minimum Gasteiger partial charge on any atom is -0.387 e. The molecule has 0 amide bonds. The highest BCUT2D eigenvalue weighted by Crippen LogP contribution is 2.17. The van der Waals surface area contributed by atoms with E-state index in [1.807, 2.05) is 12.3 Å². The van der Waals surface area contributed by atoms with Crippen molar-refractivity contribution in [3.8, 4) is 0 Å². The van der Waals surface area contributed by atoms with Gasteiger partial charge in [-0.05, 0) is 39.1 Å². The lowest BCUT2D eigenvalue weighted by Gasteiger charge is -2.22. The Morgan fingerprint density at radius 2 is 2.06 bits per heavy atom. The number of hydrogen-bond donors (Lipinski definition) is 1. The summed E-state index contributed by atoms with van der Waals surface area (Å²) in [6, 6.07) is 3.97. The number of nitrogens with zero attached hydrogens (tertiary/aromatic N) is 3. The van der Waals surface area contributed by atoms with Crippen LogP contribution < -0.4 is 4.90 Å². The molecule has 1 N–H and O–H groups in total. The lowest BCUT2D eigenvalue weighted by Crippen LogP contribution is -2.28. The van der Waals surface area contributed by atoms with Crippen molar-refractivity contribution in [2.24, 2.45) is 0 Å². The average Bonchev–Trinajstić information content (AvgIpc) is 2.54. The van der Waals surface area contributed by atoms with E-state index in [0.717, 1.165) is 37.6 Å². The van der Waals surface area contributed by atoms with Crippen molar-refractivity contribution < 1.29 is 5.11 Å². The molecule has 4 nitrogen and oxygen atoms in total. The van der Waals surface area contributed by atoms with E-state index in [-0.39, 0.29) is 0 Å². The molecule has 0 aromatic carbocycles. The standard InChI is InChI=1S/C13H21N3O/c1-11(17)13-5-4-12(10-14-13)16-7-3-6-15(2)8-9-16/h4-5,10-11,17H,3,6-9H2,1-2H3/t11-/m1/s1. The van der Waals surface area contributed by atoms with Crippen LogP contribution >= 0.6 is 0 Å². The van der Waals surface area contributed by atoms with Crippen LogP contribution in [-0.2, 0) is 0 Å². The van der Waals surface area contributed by atoms with Crippen LogP contribution in [0.4, 0.5) is 5.69 Å². The SMILES string of the molecule is C[C@@H](O)c1ccc(N2CCCN(C)CC2)cn1. The first kappa shape index (κ1) is 12.3. The molecule has 17 heavy (non-hydrogen) atoms. The number of aromatic nitrogens is 1. The van der Waals surface area contributed by atoms with Gasteiger partial charge >= 0.3 is 0 Å². The fourth-order valence-electron chi connectivity index (χ4n) is 2.14. The van der Waals surface area contributed by atoms with E-state index in [0.29, 0.717) is 0 Å². The van der Waals surface area contributed by atoms with E-state index in [4.69, 9.17) is 0 Å². The second kappa shape index (κ2) is 5.47. The third kappa shape index (κ3) is 3.17. The molecule has 1 saturated heterocycles. The van der Waals surface area contributed by atoms with Gasteiger partial charge in [-0.3, -0.25) is 4.98 Å². The number of rotatable bonds is 2. The molecule has 1 aliphatic heterocycles. The van der Waals surface area contributed by atoms with Gasteiger partial charge in [0.2, 0.25) is 0 Å². The molecule has 1 fully saturated rings. The zero-order chi connectivity index (χ0) is 12.3. The zero-order valence-electron chi connectivity index (χ0n) is 10.6. The maximum absolute atomic E-state index is 9.42. The minimum absolute atomic E-state index is 0.487. The Hall–Kier alpha value is -1.13. The molecule has 0 saturated carbocycles. The molecular formula is C13H21N3O. The van der Waals surface area contributed by atoms with Crippen molar-refractivity contribution in [3.05, 3.63) is 24.0 Å². The molecule has 0 bridgehead atoms. The summed E-state index contributed by atoms with van der Waals surface area (Å²) in [5.41, 5.74) is 1.89. The summed E-state index contributed by atoms with van der Waals surface area (Å²) in [6.45, 7) is 6.13. The number of likely N-dealkylation sites (N-methyl/N-ethyl adjacent to an activating group) is 1. The topological polar surface area (TPSA) is 39.6 Å². The first-order valence-corrected chi connectivity index (χ1v) is 6.24. The number of hydrogen-bond acceptors (Lipinski definition) is 4. The van der Waals surface area contributed by atoms with Crippen molar-refractivity contribution in [1.82, 2.24) is 9.88 Å². The lowest BCUT2D eigenvalue weighted by molar-refractivity contribution is 0.194. The molecule has 1 atom stereocenters. The van der Waals surface area contributed by atoms with Crippen molar-refractivity contribution >= 4 is 5.69 Å². The molecule has 1 aromatic rings. The van der Waals surface area contributed by atoms with Crippen molar-refractivity contribution in [2.75, 3.05) is 38.1 Å². The molecule has 2 rings (SSSR count). The lowest BCUT2D eigenvalue weighted by atomic mass is 10.2. The van der Waals surface area contributed by atoms with Gasteiger partial charge in [0.1, 0.15) is 0 Å². The Kier molecular flexibility index (Phi) is 3.97. The van der Waals surface area contributed by atoms with E-state index < -0.39 is 6.10 Å². The van der Waals surface area contributed by atoms with Gasteiger partial charge in [-0.1, -0.05) is 0 Å². The van der Waals surface area contributed by atoms with E-state index in [1.54, 1.807) is 6.92 Å². The summed E-state index contributed by atoms with van der Waals surface area (Å²) in [4.78, 5) is 9.02. The summed E-state index contributed by atoms with van der Waals surface area (Å²) in [5.74, 6) is 0. The van der Waals surface area contributed by atoms with Gasteiger partial charge in [-0.15, -0.1) is 0 Å². The molecule has 94 valence electrons. The fraction of sp³-hybridized carbons (Fsp3) is 0.615. The summed E-state index contributed by atoms with van der Waals surface area (Å²) in [6.07, 6.45) is 2.57. The van der Waals surface area contributed by atoms with Crippen LogP contribution in [0.5, 0.6) is 0 Å². The normalized spacial score (nSPS) is 20.1. The maximum Gasteiger partial charge on any atom is 0.0931 e. The van der Waals surface area contributed by atoms with Crippen LogP contribution in [0.2, 0.25) is 0 Å². The second-order valence-electron chi connectivity index (χ2n) is 4.76. The van der Waals surface area contributed by atoms with E-state index in [1.165, 1.54) is 6.42 Å². The van der Waals surface area contributed by atoms with Crippen molar-refractivity contribution in [3.63, 3.8) is 0 Å². The molecule has 0 unspecified atom stereocenters. The number of anilines is 1. The highest BCUT2D eigenvalue weighted by molar-refractivity contribution is 5.44. The quantitative estimate of drug-likeness (QED) is 0.838. The third-order valence-corrected chi connectivity index (χ3v) is 3.28. The van der Waals surface area contributed by atoms with Gasteiger partial charge in [0, 0.05) is 19.6 Å². The number of aliphatic hydroxyl groups excluding tert-OH is 1. The highest BCUT2D eigenvalue weighted by atomic mass is 16.3. The molecule has 0 spiro atoms. The van der Waals surface area contributed by atoms with E-state index >= 15 is 0 Å². The molecule has 0 radical (unpaired) electrons. The predicted molar refractivity (Wildman–Crippen MR) is 69.2 cm³/mol. The molecule has 2 heterocycles. The van der Waals surface area contributed by atoms with Gasteiger partial charge in [0.15, 0.2) is 0 Å². The third-order valence-electron chi connectivity index (χ3n) is 3.28. The average molecular weight is 235 g/mol. The Morgan fingerprint density at radius 1 is 1.24 bits per heavy atom. The largest absolute Gasteiger partial charge is 0.387 e. The Balaban J connectivity index is 2.06. The smallest absolute Gasteiger partial charge is 0.0931 e. The maximum atomic E-state index is 9.42. The molecular weight excluding hydrogens is 214 g/mol. The summed E-state index contributed by atoms with van der Waals surface area (Å²) >= 11 is 0. The Morgan fingerprint density at radius 3 is 2.71 bits per heavy atom. The van der Waals surface area contributed by atoms with Crippen LogP contribution in [-0.4, -0.2) is 48.2 Å². The van der Waals surface area contributed by atoms with Crippen molar-refractivity contribution in [2.45, 2.75) is 19.4 Å². The van der Waals surface area contributed by atoms with Gasteiger partial charge in [-0.2, -0.15) is 0 Å². The summed E-state index contributed by atoms with van der Waals surface area (Å²) < 4.78 is 0. The fourth-order valence-corrected chi connectivity index (χ4v) is 2.14. The van der Waals surface area contributed by atoms with Gasteiger partial charge in [-0.25, -0.2) is 0 Å². The van der Waals surface area contributed by atoms with Gasteiger partial charge < -0.3 is 14.9 Å². The number of aliphatic hydroxyl groups is 1. The molecule has 0 aliphatic carbocycles. The summed E-state index contributed by atoms with van der Waals surface area (Å²) in [5, 5.41) is 9.42. The van der Waals surface area contributed by atoms with Crippen LogP contribution in [0.25, 0.3) is 0 Å². The van der Waals surface area contributed by atoms with Crippen LogP contribution in [0.1, 0.15) is 25.1 Å². The molecule has 1 aromatic heterocycles. The van der Waals surface area contributed by atoms with Gasteiger partial charge in [0.25, 0.3) is 0 Å². The first-order valence-electron chi connectivity index (χ1n) is 6.24. The second-order valence-corrected chi connectivity index (χ2v) is 4.76. The monoisotopic (exact) mass is 235 g/mol. The summed E-state index contributed by atoms with van der Waals surface area (Å²) in [7, 11) is 2.16. The zero-order valence-corrected chi connectivity index (χ0v) is 10.6. The predicted octanol–water partition coefficient (Wildman–Crippen LogP) is 1.28. The van der Waals surface area contributed by atoms with Gasteiger partial charge in [0.05, 0.1) is 23.7 Å². The van der Waals surface area contributed by atoms with Crippen molar-refractivity contribution in [1.29, 1.82) is 0 Å². The minimum atomic E-state index is -0.487. The van der Waals surface area contributed by atoms with E-state index in [2.05, 4.69) is 27.9 Å².